The Morgan fingerprint density at radius 3 is 2.45 bits per heavy atom. The van der Waals surface area contributed by atoms with E-state index >= 15 is 0 Å². The van der Waals surface area contributed by atoms with Gasteiger partial charge in [0.2, 0.25) is 5.91 Å². The average Bonchev–Trinajstić information content (AvgIpc) is 2.89. The number of carbonyl (C=O) groups excluding carboxylic acids is 1. The van der Waals surface area contributed by atoms with E-state index in [-0.39, 0.29) is 12.1 Å². The molecule has 2 saturated heterocycles. The molecule has 3 aliphatic rings. The zero-order valence-electron chi connectivity index (χ0n) is 12.6. The first-order valence-electron chi connectivity index (χ1n) is 8.37. The second-order valence-corrected chi connectivity index (χ2v) is 6.94. The first kappa shape index (κ1) is 14.3. The van der Waals surface area contributed by atoms with Crippen molar-refractivity contribution < 1.29 is 9.90 Å². The van der Waals surface area contributed by atoms with Crippen molar-refractivity contribution in [3.63, 3.8) is 0 Å². The van der Waals surface area contributed by atoms with E-state index in [0.717, 1.165) is 51.9 Å². The molecule has 20 heavy (non-hydrogen) atoms. The van der Waals surface area contributed by atoms with Crippen LogP contribution >= 0.6 is 0 Å². The lowest BCUT2D eigenvalue weighted by Gasteiger charge is -2.30. The van der Waals surface area contributed by atoms with Gasteiger partial charge in [-0.05, 0) is 38.5 Å². The quantitative estimate of drug-likeness (QED) is 0.833. The minimum Gasteiger partial charge on any atom is -0.393 e. The summed E-state index contributed by atoms with van der Waals surface area (Å²) in [5, 5.41) is 10.0. The van der Waals surface area contributed by atoms with E-state index in [1.165, 1.54) is 12.8 Å². The summed E-state index contributed by atoms with van der Waals surface area (Å²) in [6.45, 7) is 5.84. The number of amides is 1. The molecule has 4 atom stereocenters. The maximum Gasteiger partial charge on any atom is 0.239 e. The van der Waals surface area contributed by atoms with Crippen molar-refractivity contribution >= 4 is 5.91 Å². The molecule has 1 aliphatic carbocycles. The van der Waals surface area contributed by atoms with Crippen LogP contribution in [0.2, 0.25) is 0 Å². The van der Waals surface area contributed by atoms with E-state index in [9.17, 15) is 9.90 Å². The highest BCUT2D eigenvalue weighted by molar-refractivity contribution is 5.81. The lowest BCUT2D eigenvalue weighted by molar-refractivity contribution is -0.136. The van der Waals surface area contributed by atoms with Gasteiger partial charge in [0.25, 0.3) is 0 Å². The third-order valence-electron chi connectivity index (χ3n) is 5.67. The number of rotatable bonds is 2. The second-order valence-electron chi connectivity index (χ2n) is 6.94. The molecule has 1 amide bonds. The maximum atomic E-state index is 12.7. The van der Waals surface area contributed by atoms with E-state index in [2.05, 4.69) is 16.7 Å². The molecule has 0 spiro atoms. The Balaban J connectivity index is 1.58. The minimum atomic E-state index is -0.134. The van der Waals surface area contributed by atoms with Gasteiger partial charge in [-0.2, -0.15) is 0 Å². The standard InChI is InChI=1S/C16H28N2O2/c1-12(16(20)17-8-4-2-3-5-9-17)18-10-13-6-7-15(19)14(13)11-18/h12-15,19H,2-11H2,1H3. The highest BCUT2D eigenvalue weighted by Crippen LogP contribution is 2.38. The third kappa shape index (κ3) is 2.73. The Hall–Kier alpha value is -0.610. The number of carbonyl (C=O) groups is 1. The van der Waals surface area contributed by atoms with Crippen LogP contribution in [-0.2, 0) is 4.79 Å². The number of aliphatic hydroxyl groups is 1. The Labute approximate surface area is 122 Å². The number of hydrogen-bond donors (Lipinski definition) is 1. The van der Waals surface area contributed by atoms with Gasteiger partial charge >= 0.3 is 0 Å². The number of hydrogen-bond acceptors (Lipinski definition) is 3. The second kappa shape index (κ2) is 6.02. The van der Waals surface area contributed by atoms with Gasteiger partial charge < -0.3 is 10.0 Å². The fourth-order valence-electron chi connectivity index (χ4n) is 4.30. The first-order chi connectivity index (χ1) is 9.66. The van der Waals surface area contributed by atoms with Crippen molar-refractivity contribution in [2.45, 2.75) is 57.6 Å². The SMILES string of the molecule is CC(C(=O)N1CCCCCC1)N1CC2CCC(O)C2C1. The van der Waals surface area contributed by atoms with Crippen LogP contribution in [-0.4, -0.2) is 59.1 Å². The van der Waals surface area contributed by atoms with Crippen LogP contribution in [0.5, 0.6) is 0 Å². The number of nitrogens with zero attached hydrogens (tertiary/aromatic N) is 2. The van der Waals surface area contributed by atoms with Gasteiger partial charge in [-0.1, -0.05) is 12.8 Å². The number of aliphatic hydroxyl groups excluding tert-OH is 1. The molecular weight excluding hydrogens is 252 g/mol. The zero-order chi connectivity index (χ0) is 14.1. The lowest BCUT2D eigenvalue weighted by atomic mass is 10.00. The van der Waals surface area contributed by atoms with Gasteiger partial charge in [-0.25, -0.2) is 0 Å². The molecule has 1 saturated carbocycles. The van der Waals surface area contributed by atoms with Gasteiger partial charge in [-0.15, -0.1) is 0 Å². The summed E-state index contributed by atoms with van der Waals surface area (Å²) < 4.78 is 0. The molecule has 3 fully saturated rings. The van der Waals surface area contributed by atoms with Gasteiger partial charge in [0.15, 0.2) is 0 Å². The van der Waals surface area contributed by atoms with E-state index in [1.807, 2.05) is 0 Å². The lowest BCUT2D eigenvalue weighted by Crippen LogP contribution is -2.47. The molecule has 4 unspecified atom stereocenters. The highest BCUT2D eigenvalue weighted by atomic mass is 16.3. The fraction of sp³-hybridized carbons (Fsp3) is 0.938. The number of fused-ring (bicyclic) bond motifs is 1. The zero-order valence-corrected chi connectivity index (χ0v) is 12.6. The van der Waals surface area contributed by atoms with Crippen LogP contribution in [0.15, 0.2) is 0 Å². The van der Waals surface area contributed by atoms with Gasteiger partial charge in [0, 0.05) is 32.1 Å². The topological polar surface area (TPSA) is 43.8 Å². The Morgan fingerprint density at radius 1 is 1.10 bits per heavy atom. The maximum absolute atomic E-state index is 12.7. The molecule has 0 aromatic rings. The summed E-state index contributed by atoms with van der Waals surface area (Å²) in [5.41, 5.74) is 0. The Kier molecular flexibility index (Phi) is 4.32. The predicted octanol–water partition coefficient (Wildman–Crippen LogP) is 1.48. The van der Waals surface area contributed by atoms with E-state index in [0.29, 0.717) is 17.7 Å². The van der Waals surface area contributed by atoms with E-state index in [1.54, 1.807) is 0 Å². The molecule has 114 valence electrons. The van der Waals surface area contributed by atoms with E-state index < -0.39 is 0 Å². The smallest absolute Gasteiger partial charge is 0.239 e. The van der Waals surface area contributed by atoms with Crippen LogP contribution in [0.1, 0.15) is 45.4 Å². The molecule has 2 aliphatic heterocycles. The summed E-state index contributed by atoms with van der Waals surface area (Å²) in [6.07, 6.45) is 6.79. The molecule has 1 N–H and O–H groups in total. The van der Waals surface area contributed by atoms with Gasteiger partial charge in [0.1, 0.15) is 0 Å². The van der Waals surface area contributed by atoms with Crippen molar-refractivity contribution in [2.75, 3.05) is 26.2 Å². The van der Waals surface area contributed by atoms with Crippen molar-refractivity contribution in [1.82, 2.24) is 9.80 Å². The first-order valence-corrected chi connectivity index (χ1v) is 8.37. The Morgan fingerprint density at radius 2 is 1.80 bits per heavy atom. The summed E-state index contributed by atoms with van der Waals surface area (Å²) in [5.74, 6) is 1.33. The van der Waals surface area contributed by atoms with Crippen LogP contribution < -0.4 is 0 Å². The average molecular weight is 280 g/mol. The number of likely N-dealkylation sites (tertiary alicyclic amines) is 2. The predicted molar refractivity (Wildman–Crippen MR) is 78.3 cm³/mol. The molecule has 4 heteroatoms. The van der Waals surface area contributed by atoms with Crippen LogP contribution in [0.25, 0.3) is 0 Å². The largest absolute Gasteiger partial charge is 0.393 e. The monoisotopic (exact) mass is 280 g/mol. The summed E-state index contributed by atoms with van der Waals surface area (Å²) in [6, 6.07) is -0.00843. The van der Waals surface area contributed by atoms with Crippen LogP contribution in [0.3, 0.4) is 0 Å². The highest BCUT2D eigenvalue weighted by Gasteiger charge is 2.44. The van der Waals surface area contributed by atoms with E-state index in [4.69, 9.17) is 0 Å². The van der Waals surface area contributed by atoms with Crippen molar-refractivity contribution in [2.24, 2.45) is 11.8 Å². The van der Waals surface area contributed by atoms with Gasteiger partial charge in [0.05, 0.1) is 12.1 Å². The van der Waals surface area contributed by atoms with Crippen molar-refractivity contribution in [3.05, 3.63) is 0 Å². The molecule has 2 heterocycles. The Bertz CT molecular complexity index is 352. The van der Waals surface area contributed by atoms with Gasteiger partial charge in [-0.3, -0.25) is 9.69 Å². The summed E-state index contributed by atoms with van der Waals surface area (Å²) >= 11 is 0. The van der Waals surface area contributed by atoms with Crippen LogP contribution in [0, 0.1) is 11.8 Å². The summed E-state index contributed by atoms with van der Waals surface area (Å²) in [7, 11) is 0. The van der Waals surface area contributed by atoms with Crippen molar-refractivity contribution in [1.29, 1.82) is 0 Å². The molecule has 0 aromatic carbocycles. The van der Waals surface area contributed by atoms with Crippen LogP contribution in [0.4, 0.5) is 0 Å². The molecule has 0 radical (unpaired) electrons. The van der Waals surface area contributed by atoms with Crippen molar-refractivity contribution in [3.8, 4) is 0 Å². The molecular formula is C16H28N2O2. The fourth-order valence-corrected chi connectivity index (χ4v) is 4.30. The molecule has 3 rings (SSSR count). The minimum absolute atomic E-state index is 0.00843. The molecule has 0 bridgehead atoms. The molecule has 0 aromatic heterocycles. The third-order valence-corrected chi connectivity index (χ3v) is 5.67. The molecule has 4 nitrogen and oxygen atoms in total. The normalized spacial score (nSPS) is 36.7. The summed E-state index contributed by atoms with van der Waals surface area (Å²) in [4.78, 5) is 17.0.